The second-order valence-electron chi connectivity index (χ2n) is 4.32. The first-order chi connectivity index (χ1) is 9.06. The Morgan fingerprint density at radius 3 is 2.58 bits per heavy atom. The van der Waals surface area contributed by atoms with Gasteiger partial charge in [-0.1, -0.05) is 18.2 Å². The highest BCUT2D eigenvalue weighted by atomic mass is 16.5. The number of para-hydroxylation sites is 2. The average Bonchev–Trinajstić information content (AvgIpc) is 2.34. The van der Waals surface area contributed by atoms with Gasteiger partial charge in [-0.05, 0) is 36.8 Å². The average molecular weight is 256 g/mol. The number of nitrogens with two attached hydrogens (primary N) is 1. The van der Waals surface area contributed by atoms with Crippen LogP contribution in [0.5, 0.6) is 11.5 Å². The van der Waals surface area contributed by atoms with Crippen molar-refractivity contribution in [2.24, 2.45) is 0 Å². The SMILES string of the molecule is CC(=O)Nc1ccccc1Oc1ccc(C)cc1N. The summed E-state index contributed by atoms with van der Waals surface area (Å²) in [6.07, 6.45) is 0. The molecular formula is C15H16N2O2. The Kier molecular flexibility index (Phi) is 3.71. The molecule has 0 saturated heterocycles. The number of anilines is 2. The van der Waals surface area contributed by atoms with E-state index in [1.54, 1.807) is 12.1 Å². The van der Waals surface area contributed by atoms with E-state index in [2.05, 4.69) is 5.32 Å². The molecule has 4 nitrogen and oxygen atoms in total. The molecule has 0 aliphatic rings. The van der Waals surface area contributed by atoms with E-state index < -0.39 is 0 Å². The minimum atomic E-state index is -0.145. The van der Waals surface area contributed by atoms with Crippen LogP contribution in [0.3, 0.4) is 0 Å². The highest BCUT2D eigenvalue weighted by Gasteiger charge is 2.07. The molecule has 0 aromatic heterocycles. The maximum atomic E-state index is 11.1. The second-order valence-corrected chi connectivity index (χ2v) is 4.32. The predicted octanol–water partition coefficient (Wildman–Crippen LogP) is 3.33. The van der Waals surface area contributed by atoms with Crippen molar-refractivity contribution in [2.45, 2.75) is 13.8 Å². The molecule has 4 heteroatoms. The summed E-state index contributed by atoms with van der Waals surface area (Å²) in [7, 11) is 0. The van der Waals surface area contributed by atoms with Crippen LogP contribution < -0.4 is 15.8 Å². The minimum Gasteiger partial charge on any atom is -0.453 e. The van der Waals surface area contributed by atoms with Gasteiger partial charge in [-0.15, -0.1) is 0 Å². The molecular weight excluding hydrogens is 240 g/mol. The number of aryl methyl sites for hydroxylation is 1. The largest absolute Gasteiger partial charge is 0.453 e. The van der Waals surface area contributed by atoms with Gasteiger partial charge in [0.1, 0.15) is 5.75 Å². The van der Waals surface area contributed by atoms with Gasteiger partial charge in [-0.3, -0.25) is 4.79 Å². The first-order valence-electron chi connectivity index (χ1n) is 5.97. The van der Waals surface area contributed by atoms with Gasteiger partial charge in [0.2, 0.25) is 5.91 Å². The lowest BCUT2D eigenvalue weighted by Gasteiger charge is -2.13. The quantitative estimate of drug-likeness (QED) is 0.828. The monoisotopic (exact) mass is 256 g/mol. The van der Waals surface area contributed by atoms with E-state index in [9.17, 15) is 4.79 Å². The molecule has 2 rings (SSSR count). The van der Waals surface area contributed by atoms with Gasteiger partial charge in [0.25, 0.3) is 0 Å². The molecule has 2 aromatic carbocycles. The van der Waals surface area contributed by atoms with Gasteiger partial charge < -0.3 is 15.8 Å². The molecule has 0 atom stereocenters. The van der Waals surface area contributed by atoms with Crippen molar-refractivity contribution in [3.05, 3.63) is 48.0 Å². The predicted molar refractivity (Wildman–Crippen MR) is 76.4 cm³/mol. The fourth-order valence-corrected chi connectivity index (χ4v) is 1.73. The number of carbonyl (C=O) groups excluding carboxylic acids is 1. The van der Waals surface area contributed by atoms with Crippen LogP contribution >= 0.6 is 0 Å². The van der Waals surface area contributed by atoms with Gasteiger partial charge in [0, 0.05) is 6.92 Å². The number of nitrogen functional groups attached to an aromatic ring is 1. The van der Waals surface area contributed by atoms with E-state index in [-0.39, 0.29) is 5.91 Å². The van der Waals surface area contributed by atoms with Crippen LogP contribution in [-0.2, 0) is 4.79 Å². The molecule has 0 unspecified atom stereocenters. The molecule has 0 saturated carbocycles. The third-order valence-corrected chi connectivity index (χ3v) is 2.58. The smallest absolute Gasteiger partial charge is 0.221 e. The molecule has 1 amide bonds. The van der Waals surface area contributed by atoms with Crippen molar-refractivity contribution in [1.82, 2.24) is 0 Å². The molecule has 0 spiro atoms. The van der Waals surface area contributed by atoms with Gasteiger partial charge in [-0.25, -0.2) is 0 Å². The maximum absolute atomic E-state index is 11.1. The second kappa shape index (κ2) is 5.44. The lowest BCUT2D eigenvalue weighted by atomic mass is 10.2. The van der Waals surface area contributed by atoms with Crippen molar-refractivity contribution < 1.29 is 9.53 Å². The summed E-state index contributed by atoms with van der Waals surface area (Å²) in [5.74, 6) is 0.990. The number of hydrogen-bond acceptors (Lipinski definition) is 3. The van der Waals surface area contributed by atoms with Crippen molar-refractivity contribution >= 4 is 17.3 Å². The number of carbonyl (C=O) groups is 1. The number of benzene rings is 2. The topological polar surface area (TPSA) is 64.3 Å². The zero-order valence-electron chi connectivity index (χ0n) is 10.9. The molecule has 0 heterocycles. The summed E-state index contributed by atoms with van der Waals surface area (Å²) in [4.78, 5) is 11.1. The van der Waals surface area contributed by atoms with Crippen LogP contribution in [0.4, 0.5) is 11.4 Å². The van der Waals surface area contributed by atoms with Crippen LogP contribution in [0.1, 0.15) is 12.5 Å². The summed E-state index contributed by atoms with van der Waals surface area (Å²) in [6, 6.07) is 12.8. The molecule has 3 N–H and O–H groups in total. The van der Waals surface area contributed by atoms with E-state index in [0.29, 0.717) is 22.9 Å². The number of ether oxygens (including phenoxy) is 1. The van der Waals surface area contributed by atoms with Crippen molar-refractivity contribution in [2.75, 3.05) is 11.1 Å². The number of nitrogens with one attached hydrogen (secondary N) is 1. The summed E-state index contributed by atoms with van der Waals surface area (Å²) in [5, 5.41) is 2.72. The third kappa shape index (κ3) is 3.25. The molecule has 0 aliphatic heterocycles. The number of hydrogen-bond donors (Lipinski definition) is 2. The van der Waals surface area contributed by atoms with Crippen molar-refractivity contribution in [3.8, 4) is 11.5 Å². The van der Waals surface area contributed by atoms with E-state index in [4.69, 9.17) is 10.5 Å². The van der Waals surface area contributed by atoms with E-state index in [1.165, 1.54) is 6.92 Å². The number of amides is 1. The summed E-state index contributed by atoms with van der Waals surface area (Å²) >= 11 is 0. The van der Waals surface area contributed by atoms with Gasteiger partial charge in [-0.2, -0.15) is 0 Å². The zero-order chi connectivity index (χ0) is 13.8. The highest BCUT2D eigenvalue weighted by molar-refractivity contribution is 5.90. The number of rotatable bonds is 3. The Balaban J connectivity index is 2.30. The Morgan fingerprint density at radius 1 is 1.16 bits per heavy atom. The van der Waals surface area contributed by atoms with Crippen LogP contribution in [-0.4, -0.2) is 5.91 Å². The van der Waals surface area contributed by atoms with Crippen LogP contribution in [0, 0.1) is 6.92 Å². The minimum absolute atomic E-state index is 0.145. The van der Waals surface area contributed by atoms with Crippen LogP contribution in [0.25, 0.3) is 0 Å². The van der Waals surface area contributed by atoms with E-state index in [0.717, 1.165) is 5.56 Å². The van der Waals surface area contributed by atoms with Gasteiger partial charge in [0.15, 0.2) is 5.75 Å². The fourth-order valence-electron chi connectivity index (χ4n) is 1.73. The zero-order valence-corrected chi connectivity index (χ0v) is 10.9. The Bertz CT molecular complexity index is 609. The molecule has 0 radical (unpaired) electrons. The Morgan fingerprint density at radius 2 is 1.89 bits per heavy atom. The van der Waals surface area contributed by atoms with E-state index in [1.807, 2.05) is 37.3 Å². The first kappa shape index (κ1) is 13.0. The summed E-state index contributed by atoms with van der Waals surface area (Å²) < 4.78 is 5.76. The summed E-state index contributed by atoms with van der Waals surface area (Å²) in [6.45, 7) is 3.42. The fraction of sp³-hybridized carbons (Fsp3) is 0.133. The Labute approximate surface area is 112 Å². The molecule has 2 aromatic rings. The Hall–Kier alpha value is -2.49. The van der Waals surface area contributed by atoms with Gasteiger partial charge in [0.05, 0.1) is 11.4 Å². The van der Waals surface area contributed by atoms with E-state index >= 15 is 0 Å². The molecule has 0 aliphatic carbocycles. The van der Waals surface area contributed by atoms with Crippen molar-refractivity contribution in [1.29, 1.82) is 0 Å². The standard InChI is InChI=1S/C15H16N2O2/c1-10-7-8-14(12(16)9-10)19-15-6-4-3-5-13(15)17-11(2)18/h3-9H,16H2,1-2H3,(H,17,18). The maximum Gasteiger partial charge on any atom is 0.221 e. The van der Waals surface area contributed by atoms with Crippen LogP contribution in [0.15, 0.2) is 42.5 Å². The molecule has 19 heavy (non-hydrogen) atoms. The third-order valence-electron chi connectivity index (χ3n) is 2.58. The highest BCUT2D eigenvalue weighted by Crippen LogP contribution is 2.32. The van der Waals surface area contributed by atoms with Gasteiger partial charge >= 0.3 is 0 Å². The van der Waals surface area contributed by atoms with Crippen molar-refractivity contribution in [3.63, 3.8) is 0 Å². The first-order valence-corrected chi connectivity index (χ1v) is 5.97. The lowest BCUT2D eigenvalue weighted by Crippen LogP contribution is -2.07. The molecule has 0 bridgehead atoms. The summed E-state index contributed by atoms with van der Waals surface area (Å²) in [5.41, 5.74) is 8.17. The molecule has 0 fully saturated rings. The lowest BCUT2D eigenvalue weighted by molar-refractivity contribution is -0.114. The normalized spacial score (nSPS) is 10.0. The van der Waals surface area contributed by atoms with Crippen LogP contribution in [0.2, 0.25) is 0 Å². The molecule has 98 valence electrons.